The van der Waals surface area contributed by atoms with E-state index in [-0.39, 0.29) is 34.9 Å². The van der Waals surface area contributed by atoms with Crippen molar-refractivity contribution in [2.75, 3.05) is 14.1 Å². The molecule has 1 heterocycles. The number of fused-ring (bicyclic) bond motifs is 2. The first-order valence-electron chi connectivity index (χ1n) is 9.06. The molecule has 3 rings (SSSR count). The fourth-order valence-corrected chi connectivity index (χ4v) is 4.08. The van der Waals surface area contributed by atoms with Gasteiger partial charge in [0.2, 0.25) is 5.91 Å². The molecule has 144 valence electrons. The lowest BCUT2D eigenvalue weighted by atomic mass is 9.75. The minimum Gasteiger partial charge on any atom is -0.347 e. The molecule has 0 saturated heterocycles. The van der Waals surface area contributed by atoms with Crippen molar-refractivity contribution in [3.63, 3.8) is 0 Å². The van der Waals surface area contributed by atoms with Crippen LogP contribution in [0.1, 0.15) is 48.3 Å². The van der Waals surface area contributed by atoms with Crippen LogP contribution in [0.5, 0.6) is 0 Å². The maximum atomic E-state index is 13.0. The van der Waals surface area contributed by atoms with Gasteiger partial charge in [0.25, 0.3) is 5.56 Å². The Bertz CT molecular complexity index is 879. The van der Waals surface area contributed by atoms with Crippen LogP contribution in [0.4, 0.5) is 0 Å². The van der Waals surface area contributed by atoms with E-state index in [0.717, 1.165) is 4.68 Å². The lowest BCUT2D eigenvalue weighted by molar-refractivity contribution is -0.137. The molecule has 3 atom stereocenters. The molecule has 1 aromatic rings. The topological polar surface area (TPSA) is 106 Å². The number of hydrogen-bond donors (Lipinski definition) is 0. The summed E-state index contributed by atoms with van der Waals surface area (Å²) in [5.41, 5.74) is -0.657. The molecule has 2 aliphatic rings. The van der Waals surface area contributed by atoms with Gasteiger partial charge in [-0.05, 0) is 39.2 Å². The number of amides is 1. The number of nitrogens with zero attached hydrogens (tertiary/aromatic N) is 3. The van der Waals surface area contributed by atoms with E-state index in [2.05, 4.69) is 5.10 Å². The summed E-state index contributed by atoms with van der Waals surface area (Å²) < 4.78 is 0.956. The average Bonchev–Trinajstić information content (AvgIpc) is 3.07. The number of ketones is 3. The molecule has 8 heteroatoms. The third-order valence-electron chi connectivity index (χ3n) is 5.56. The van der Waals surface area contributed by atoms with Crippen LogP contribution in [0.2, 0.25) is 0 Å². The van der Waals surface area contributed by atoms with Gasteiger partial charge >= 0.3 is 0 Å². The van der Waals surface area contributed by atoms with Gasteiger partial charge in [0.05, 0.1) is 11.3 Å². The highest BCUT2D eigenvalue weighted by molar-refractivity contribution is 6.26. The molecule has 1 aromatic heterocycles. The number of likely N-dealkylation sites (N-methyl/N-ethyl adjacent to an activating group) is 1. The second-order valence-electron chi connectivity index (χ2n) is 7.67. The lowest BCUT2D eigenvalue weighted by Gasteiger charge is -2.24. The predicted octanol–water partition coefficient (Wildman–Crippen LogP) is 0.568. The maximum Gasteiger partial charge on any atom is 0.278 e. The first-order chi connectivity index (χ1) is 12.6. The summed E-state index contributed by atoms with van der Waals surface area (Å²) in [6.45, 7) is 3.11. The fraction of sp³-hybridized carbons (Fsp3) is 0.579. The zero-order valence-electron chi connectivity index (χ0n) is 15.9. The first-order valence-corrected chi connectivity index (χ1v) is 9.06. The van der Waals surface area contributed by atoms with Crippen molar-refractivity contribution in [1.82, 2.24) is 14.7 Å². The van der Waals surface area contributed by atoms with Crippen molar-refractivity contribution in [2.45, 2.75) is 39.2 Å². The van der Waals surface area contributed by atoms with Crippen molar-refractivity contribution in [2.24, 2.45) is 17.8 Å². The Morgan fingerprint density at radius 3 is 2.22 bits per heavy atom. The Labute approximate surface area is 156 Å². The highest BCUT2D eigenvalue weighted by atomic mass is 16.2. The van der Waals surface area contributed by atoms with E-state index in [1.54, 1.807) is 21.0 Å². The summed E-state index contributed by atoms with van der Waals surface area (Å²) in [4.78, 5) is 64.6. The molecular formula is C19H23N3O5. The minimum absolute atomic E-state index is 0.256. The Morgan fingerprint density at radius 1 is 1.15 bits per heavy atom. The number of carbonyl (C=O) groups excluding carboxylic acids is 4. The Kier molecular flexibility index (Phi) is 4.84. The molecule has 27 heavy (non-hydrogen) atoms. The van der Waals surface area contributed by atoms with Crippen LogP contribution in [0.3, 0.4) is 0 Å². The van der Waals surface area contributed by atoms with Crippen molar-refractivity contribution >= 4 is 23.3 Å². The molecule has 2 bridgehead atoms. The third-order valence-corrected chi connectivity index (χ3v) is 5.56. The van der Waals surface area contributed by atoms with E-state index >= 15 is 0 Å². The first kappa shape index (κ1) is 19.1. The molecule has 2 saturated carbocycles. The Balaban J connectivity index is 2.03. The van der Waals surface area contributed by atoms with Crippen LogP contribution in [-0.2, 0) is 14.4 Å². The van der Waals surface area contributed by atoms with Gasteiger partial charge in [-0.15, -0.1) is 0 Å². The number of aromatic nitrogens is 2. The number of rotatable bonds is 4. The van der Waals surface area contributed by atoms with Crippen LogP contribution >= 0.6 is 0 Å². The molecule has 8 nitrogen and oxygen atoms in total. The van der Waals surface area contributed by atoms with E-state index in [1.807, 2.05) is 0 Å². The maximum absolute atomic E-state index is 13.0. The SMILES string of the molecule is Cc1cc(C(=O)C2C(=O)C3CCC(C3)C2=O)c(=O)n(C(C)C(=O)N(C)C)n1. The molecule has 0 aliphatic heterocycles. The summed E-state index contributed by atoms with van der Waals surface area (Å²) in [7, 11) is 3.11. The predicted molar refractivity (Wildman–Crippen MR) is 95.3 cm³/mol. The number of aryl methyl sites for hydroxylation is 1. The van der Waals surface area contributed by atoms with Gasteiger partial charge in [-0.3, -0.25) is 24.0 Å². The Morgan fingerprint density at radius 2 is 1.70 bits per heavy atom. The van der Waals surface area contributed by atoms with E-state index in [1.165, 1.54) is 17.9 Å². The average molecular weight is 373 g/mol. The van der Waals surface area contributed by atoms with Gasteiger partial charge in [-0.1, -0.05) is 0 Å². The van der Waals surface area contributed by atoms with Crippen LogP contribution in [0, 0.1) is 24.7 Å². The zero-order chi connectivity index (χ0) is 20.0. The molecule has 0 aromatic carbocycles. The van der Waals surface area contributed by atoms with E-state index in [9.17, 15) is 24.0 Å². The smallest absolute Gasteiger partial charge is 0.278 e. The highest BCUT2D eigenvalue weighted by Crippen LogP contribution is 2.41. The van der Waals surface area contributed by atoms with E-state index in [4.69, 9.17) is 0 Å². The quantitative estimate of drug-likeness (QED) is 0.564. The van der Waals surface area contributed by atoms with Crippen LogP contribution in [-0.4, -0.2) is 52.0 Å². The second kappa shape index (κ2) is 6.83. The number of hydrogen-bond acceptors (Lipinski definition) is 6. The van der Waals surface area contributed by atoms with Gasteiger partial charge in [-0.2, -0.15) is 5.10 Å². The summed E-state index contributed by atoms with van der Waals surface area (Å²) >= 11 is 0. The van der Waals surface area contributed by atoms with Crippen LogP contribution < -0.4 is 5.56 Å². The molecule has 2 aliphatic carbocycles. The number of Topliss-reactive ketones (excluding diaryl/α,β-unsaturated/α-hetero) is 3. The highest BCUT2D eigenvalue weighted by Gasteiger charge is 2.50. The fourth-order valence-electron chi connectivity index (χ4n) is 4.08. The summed E-state index contributed by atoms with van der Waals surface area (Å²) in [6.07, 6.45) is 1.75. The minimum atomic E-state index is -1.40. The molecule has 1 amide bonds. The largest absolute Gasteiger partial charge is 0.347 e. The van der Waals surface area contributed by atoms with E-state index < -0.39 is 23.3 Å². The third kappa shape index (κ3) is 3.13. The number of carbonyl (C=O) groups is 4. The molecule has 0 radical (unpaired) electrons. The van der Waals surface area contributed by atoms with Gasteiger partial charge in [0, 0.05) is 25.9 Å². The van der Waals surface area contributed by atoms with Crippen LogP contribution in [0.15, 0.2) is 10.9 Å². The normalized spacial score (nSPS) is 25.4. The monoisotopic (exact) mass is 373 g/mol. The Hall–Kier alpha value is -2.64. The summed E-state index contributed by atoms with van der Waals surface area (Å²) in [5, 5.41) is 4.08. The van der Waals surface area contributed by atoms with Crippen molar-refractivity contribution in [1.29, 1.82) is 0 Å². The lowest BCUT2D eigenvalue weighted by Crippen LogP contribution is -2.45. The van der Waals surface area contributed by atoms with Gasteiger partial charge in [-0.25, -0.2) is 4.68 Å². The molecular weight excluding hydrogens is 350 g/mol. The van der Waals surface area contributed by atoms with Gasteiger partial charge in [0.1, 0.15) is 12.0 Å². The summed E-state index contributed by atoms with van der Waals surface area (Å²) in [6, 6.07) is 0.387. The molecule has 2 fully saturated rings. The van der Waals surface area contributed by atoms with Crippen molar-refractivity contribution in [3.8, 4) is 0 Å². The molecule has 3 unspecified atom stereocenters. The standard InChI is InChI=1S/C19H23N3O5/c1-9-7-13(19(27)22(20-9)10(2)18(26)21(3)4)17(25)14-15(23)11-5-6-12(8-11)16(14)24/h7,10-12,14H,5-6,8H2,1-4H3. The van der Waals surface area contributed by atoms with Crippen molar-refractivity contribution < 1.29 is 19.2 Å². The van der Waals surface area contributed by atoms with Gasteiger partial charge < -0.3 is 4.90 Å². The zero-order valence-corrected chi connectivity index (χ0v) is 15.9. The molecule has 0 N–H and O–H groups in total. The van der Waals surface area contributed by atoms with Crippen LogP contribution in [0.25, 0.3) is 0 Å². The van der Waals surface area contributed by atoms with Gasteiger partial charge in [0.15, 0.2) is 17.3 Å². The molecule has 0 spiro atoms. The van der Waals surface area contributed by atoms with E-state index in [0.29, 0.717) is 25.0 Å². The second-order valence-corrected chi connectivity index (χ2v) is 7.67. The summed E-state index contributed by atoms with van der Waals surface area (Å²) in [5.74, 6) is -3.83. The van der Waals surface area contributed by atoms with Crippen molar-refractivity contribution in [3.05, 3.63) is 27.7 Å².